The Hall–Kier alpha value is -2.76. The molecule has 6 heteroatoms. The first kappa shape index (κ1) is 23.4. The number of benzene rings is 1. The van der Waals surface area contributed by atoms with Crippen molar-refractivity contribution >= 4 is 17.6 Å². The number of amides is 2. The molecule has 2 aliphatic heterocycles. The summed E-state index contributed by atoms with van der Waals surface area (Å²) in [5.41, 5.74) is 2.95. The highest BCUT2D eigenvalue weighted by molar-refractivity contribution is 5.95. The van der Waals surface area contributed by atoms with Crippen LogP contribution in [0.1, 0.15) is 75.0 Å². The topological polar surface area (TPSA) is 66.4 Å². The van der Waals surface area contributed by atoms with Crippen LogP contribution < -0.4 is 4.90 Å². The molecule has 176 valence electrons. The van der Waals surface area contributed by atoms with E-state index in [2.05, 4.69) is 24.3 Å². The molecule has 0 unspecified atom stereocenters. The van der Waals surface area contributed by atoms with Crippen LogP contribution in [0, 0.1) is 12.3 Å². The molecule has 3 heterocycles. The number of anilines is 1. The third-order valence-electron chi connectivity index (χ3n) is 6.76. The Morgan fingerprint density at radius 2 is 1.88 bits per heavy atom. The van der Waals surface area contributed by atoms with Crippen LogP contribution in [0.4, 0.5) is 5.82 Å². The van der Waals surface area contributed by atoms with Crippen molar-refractivity contribution in [3.8, 4) is 0 Å². The van der Waals surface area contributed by atoms with Gasteiger partial charge in [-0.1, -0.05) is 51.1 Å². The van der Waals surface area contributed by atoms with E-state index in [4.69, 9.17) is 9.97 Å². The van der Waals surface area contributed by atoms with E-state index >= 15 is 0 Å². The number of likely N-dealkylation sites (tertiary alicyclic amines) is 1. The van der Waals surface area contributed by atoms with Gasteiger partial charge in [0.2, 0.25) is 11.8 Å². The lowest BCUT2D eigenvalue weighted by Crippen LogP contribution is -2.45. The van der Waals surface area contributed by atoms with Gasteiger partial charge < -0.3 is 4.90 Å². The first-order valence-electron chi connectivity index (χ1n) is 12.2. The van der Waals surface area contributed by atoms with Gasteiger partial charge in [-0.25, -0.2) is 9.97 Å². The minimum Gasteiger partial charge on any atom is -0.342 e. The lowest BCUT2D eigenvalue weighted by atomic mass is 9.90. The largest absolute Gasteiger partial charge is 0.342 e. The highest BCUT2D eigenvalue weighted by atomic mass is 16.2. The molecular weight excluding hydrogens is 412 g/mol. The van der Waals surface area contributed by atoms with Gasteiger partial charge in [0, 0.05) is 48.6 Å². The second kappa shape index (κ2) is 9.62. The Morgan fingerprint density at radius 3 is 2.61 bits per heavy atom. The average molecular weight is 449 g/mol. The number of fused-ring (bicyclic) bond motifs is 1. The zero-order valence-electron chi connectivity index (χ0n) is 20.4. The molecule has 2 aromatic rings. The molecular formula is C27H36N4O2. The number of carbonyl (C=O) groups excluding carboxylic acids is 2. The molecule has 0 spiro atoms. The van der Waals surface area contributed by atoms with Crippen LogP contribution in [0.25, 0.3) is 0 Å². The van der Waals surface area contributed by atoms with Crippen LogP contribution in [-0.2, 0) is 22.4 Å². The van der Waals surface area contributed by atoms with E-state index < -0.39 is 5.41 Å². The molecule has 2 amide bonds. The molecule has 0 saturated carbocycles. The third-order valence-corrected chi connectivity index (χ3v) is 6.76. The van der Waals surface area contributed by atoms with E-state index in [-0.39, 0.29) is 17.7 Å². The van der Waals surface area contributed by atoms with Crippen LogP contribution in [0.5, 0.6) is 0 Å². The van der Waals surface area contributed by atoms with E-state index in [0.29, 0.717) is 25.9 Å². The van der Waals surface area contributed by atoms with Crippen LogP contribution in [0.2, 0.25) is 0 Å². The van der Waals surface area contributed by atoms with Crippen molar-refractivity contribution in [2.24, 2.45) is 5.41 Å². The summed E-state index contributed by atoms with van der Waals surface area (Å²) < 4.78 is 0. The summed E-state index contributed by atoms with van der Waals surface area (Å²) >= 11 is 0. The number of aromatic nitrogens is 2. The quantitative estimate of drug-likeness (QED) is 0.678. The van der Waals surface area contributed by atoms with Gasteiger partial charge in [0.1, 0.15) is 11.6 Å². The molecule has 0 bridgehead atoms. The fourth-order valence-corrected chi connectivity index (χ4v) is 4.95. The lowest BCUT2D eigenvalue weighted by molar-refractivity contribution is -0.140. The Kier molecular flexibility index (Phi) is 6.82. The van der Waals surface area contributed by atoms with Gasteiger partial charge in [0.15, 0.2) is 0 Å². The molecule has 0 aliphatic carbocycles. The molecule has 0 N–H and O–H groups in total. The summed E-state index contributed by atoms with van der Waals surface area (Å²) in [6, 6.07) is 10.4. The number of hydrogen-bond acceptors (Lipinski definition) is 4. The zero-order chi connectivity index (χ0) is 23.6. The lowest BCUT2D eigenvalue weighted by Gasteiger charge is -2.36. The standard InChI is InChI=1S/C27H36N4O2/c1-19-22-14-15-23(32)31(17-8-12-20-10-6-5-7-11-20)25(22)29-24(28-19)21-13-9-16-30(18-21)26(33)27(2,3)4/h5-7,10-11,21H,8-9,12-18H2,1-4H3/t21-/m0/s1. The van der Waals surface area contributed by atoms with E-state index in [1.807, 2.05) is 43.6 Å². The molecule has 33 heavy (non-hydrogen) atoms. The van der Waals surface area contributed by atoms with Gasteiger partial charge in [0.05, 0.1) is 0 Å². The highest BCUT2D eigenvalue weighted by Gasteiger charge is 2.34. The predicted octanol–water partition coefficient (Wildman–Crippen LogP) is 4.45. The van der Waals surface area contributed by atoms with E-state index in [0.717, 1.165) is 55.1 Å². The normalized spacial score (nSPS) is 18.9. The minimum atomic E-state index is -0.392. The summed E-state index contributed by atoms with van der Waals surface area (Å²) in [6.07, 6.45) is 4.96. The Bertz CT molecular complexity index is 1010. The molecule has 0 radical (unpaired) electrons. The van der Waals surface area contributed by atoms with E-state index in [9.17, 15) is 9.59 Å². The molecule has 4 rings (SSSR count). The molecule has 1 fully saturated rings. The summed E-state index contributed by atoms with van der Waals surface area (Å²) in [5.74, 6) is 2.01. The Morgan fingerprint density at radius 1 is 1.12 bits per heavy atom. The Labute approximate surface area is 197 Å². The van der Waals surface area contributed by atoms with Crippen LogP contribution >= 0.6 is 0 Å². The molecule has 6 nitrogen and oxygen atoms in total. The first-order valence-corrected chi connectivity index (χ1v) is 12.2. The van der Waals surface area contributed by atoms with Gasteiger partial charge >= 0.3 is 0 Å². The summed E-state index contributed by atoms with van der Waals surface area (Å²) in [4.78, 5) is 39.4. The van der Waals surface area contributed by atoms with Crippen molar-refractivity contribution in [3.05, 3.63) is 53.0 Å². The predicted molar refractivity (Wildman–Crippen MR) is 130 cm³/mol. The fourth-order valence-electron chi connectivity index (χ4n) is 4.95. The monoisotopic (exact) mass is 448 g/mol. The van der Waals surface area contributed by atoms with Gasteiger partial charge in [-0.2, -0.15) is 0 Å². The van der Waals surface area contributed by atoms with Crippen molar-refractivity contribution in [3.63, 3.8) is 0 Å². The van der Waals surface area contributed by atoms with Gasteiger partial charge in [-0.15, -0.1) is 0 Å². The van der Waals surface area contributed by atoms with Crippen LogP contribution in [0.15, 0.2) is 30.3 Å². The summed E-state index contributed by atoms with van der Waals surface area (Å²) in [7, 11) is 0. The van der Waals surface area contributed by atoms with Crippen molar-refractivity contribution in [1.82, 2.24) is 14.9 Å². The first-order chi connectivity index (χ1) is 15.7. The minimum absolute atomic E-state index is 0.109. The highest BCUT2D eigenvalue weighted by Crippen LogP contribution is 2.33. The van der Waals surface area contributed by atoms with Crippen molar-refractivity contribution in [2.45, 2.75) is 72.1 Å². The Balaban J connectivity index is 1.54. The number of carbonyl (C=O) groups is 2. The SMILES string of the molecule is Cc1nc([C@H]2CCCN(C(=O)C(C)(C)C)C2)nc2c1CCC(=O)N2CCCc1ccccc1. The summed E-state index contributed by atoms with van der Waals surface area (Å²) in [5, 5.41) is 0. The molecule has 1 saturated heterocycles. The number of rotatable bonds is 5. The summed E-state index contributed by atoms with van der Waals surface area (Å²) in [6.45, 7) is 10.0. The van der Waals surface area contributed by atoms with Crippen LogP contribution in [0.3, 0.4) is 0 Å². The van der Waals surface area contributed by atoms with Crippen LogP contribution in [-0.4, -0.2) is 46.3 Å². The van der Waals surface area contributed by atoms with Gasteiger partial charge in [0.25, 0.3) is 0 Å². The van der Waals surface area contributed by atoms with E-state index in [1.54, 1.807) is 0 Å². The third kappa shape index (κ3) is 5.26. The number of aryl methyl sites for hydroxylation is 2. The second-order valence-electron chi connectivity index (χ2n) is 10.4. The van der Waals surface area contributed by atoms with Crippen molar-refractivity contribution in [1.29, 1.82) is 0 Å². The fraction of sp³-hybridized carbons (Fsp3) is 0.556. The maximum atomic E-state index is 12.9. The second-order valence-corrected chi connectivity index (χ2v) is 10.4. The number of nitrogens with zero attached hydrogens (tertiary/aromatic N) is 4. The number of piperidine rings is 1. The average Bonchev–Trinajstić information content (AvgIpc) is 2.80. The van der Waals surface area contributed by atoms with E-state index in [1.165, 1.54) is 5.56 Å². The molecule has 1 aromatic heterocycles. The maximum absolute atomic E-state index is 12.9. The maximum Gasteiger partial charge on any atom is 0.228 e. The molecule has 1 aromatic carbocycles. The molecule has 2 aliphatic rings. The number of hydrogen-bond donors (Lipinski definition) is 0. The van der Waals surface area contributed by atoms with Gasteiger partial charge in [-0.3, -0.25) is 14.5 Å². The van der Waals surface area contributed by atoms with Gasteiger partial charge in [-0.05, 0) is 44.6 Å². The van der Waals surface area contributed by atoms with Crippen molar-refractivity contribution in [2.75, 3.05) is 24.5 Å². The van der Waals surface area contributed by atoms with Crippen molar-refractivity contribution < 1.29 is 9.59 Å². The zero-order valence-corrected chi connectivity index (χ0v) is 20.4. The molecule has 1 atom stereocenters. The smallest absolute Gasteiger partial charge is 0.228 e.